The van der Waals surface area contributed by atoms with Crippen LogP contribution in [0.15, 0.2) is 30.3 Å². The van der Waals surface area contributed by atoms with Gasteiger partial charge in [-0.05, 0) is 36.8 Å². The standard InChI is InChI=1S/C21H30N2O3/c1-15(2)20(25)22-10-8-16(9-11-22)19-13-23(12-18(19)14-24)21(26)17-6-4-3-5-7-17/h3-7,15-16,18-19,24H,8-14H2,1-2H3/t18-,19-/m0/s1. The van der Waals surface area contributed by atoms with Crippen LogP contribution in [0, 0.1) is 23.7 Å². The van der Waals surface area contributed by atoms with E-state index in [9.17, 15) is 14.7 Å². The van der Waals surface area contributed by atoms with Gasteiger partial charge in [0.2, 0.25) is 5.91 Å². The van der Waals surface area contributed by atoms with Gasteiger partial charge in [0, 0.05) is 50.2 Å². The second-order valence-corrected chi connectivity index (χ2v) is 8.00. The zero-order valence-electron chi connectivity index (χ0n) is 15.8. The maximum atomic E-state index is 12.7. The van der Waals surface area contributed by atoms with E-state index in [4.69, 9.17) is 0 Å². The van der Waals surface area contributed by atoms with Crippen molar-refractivity contribution in [1.82, 2.24) is 9.80 Å². The molecular weight excluding hydrogens is 328 g/mol. The van der Waals surface area contributed by atoms with Crippen LogP contribution in [-0.4, -0.2) is 59.5 Å². The van der Waals surface area contributed by atoms with E-state index in [0.29, 0.717) is 30.5 Å². The van der Waals surface area contributed by atoms with Crippen molar-refractivity contribution < 1.29 is 14.7 Å². The molecule has 0 saturated carbocycles. The second-order valence-electron chi connectivity index (χ2n) is 8.00. The first-order valence-electron chi connectivity index (χ1n) is 9.75. The number of aliphatic hydroxyl groups is 1. The molecule has 1 N–H and O–H groups in total. The zero-order chi connectivity index (χ0) is 18.7. The first kappa shape index (κ1) is 18.9. The third kappa shape index (κ3) is 3.93. The number of piperidine rings is 1. The molecule has 0 aromatic heterocycles. The summed E-state index contributed by atoms with van der Waals surface area (Å²) < 4.78 is 0. The fraction of sp³-hybridized carbons (Fsp3) is 0.619. The van der Waals surface area contributed by atoms with E-state index in [1.165, 1.54) is 0 Å². The Bertz CT molecular complexity index is 623. The molecule has 0 aliphatic carbocycles. The third-order valence-electron chi connectivity index (χ3n) is 5.98. The van der Waals surface area contributed by atoms with Crippen LogP contribution in [0.1, 0.15) is 37.0 Å². The maximum Gasteiger partial charge on any atom is 0.253 e. The van der Waals surface area contributed by atoms with Crippen molar-refractivity contribution in [2.45, 2.75) is 26.7 Å². The van der Waals surface area contributed by atoms with Crippen molar-refractivity contribution in [1.29, 1.82) is 0 Å². The van der Waals surface area contributed by atoms with Crippen LogP contribution in [-0.2, 0) is 4.79 Å². The van der Waals surface area contributed by atoms with E-state index in [1.54, 1.807) is 0 Å². The smallest absolute Gasteiger partial charge is 0.253 e. The van der Waals surface area contributed by atoms with Gasteiger partial charge in [-0.15, -0.1) is 0 Å². The number of carbonyl (C=O) groups excluding carboxylic acids is 2. The van der Waals surface area contributed by atoms with Crippen molar-refractivity contribution >= 4 is 11.8 Å². The maximum absolute atomic E-state index is 12.7. The summed E-state index contributed by atoms with van der Waals surface area (Å²) in [5.74, 6) is 1.26. The molecule has 2 aliphatic heterocycles. The van der Waals surface area contributed by atoms with Gasteiger partial charge in [-0.3, -0.25) is 9.59 Å². The Labute approximate surface area is 156 Å². The molecule has 5 nitrogen and oxygen atoms in total. The van der Waals surface area contributed by atoms with Crippen molar-refractivity contribution in [3.63, 3.8) is 0 Å². The van der Waals surface area contributed by atoms with Gasteiger partial charge in [0.05, 0.1) is 0 Å². The van der Waals surface area contributed by atoms with E-state index in [1.807, 2.05) is 54.0 Å². The van der Waals surface area contributed by atoms with Gasteiger partial charge in [0.1, 0.15) is 0 Å². The first-order valence-corrected chi connectivity index (χ1v) is 9.75. The summed E-state index contributed by atoms with van der Waals surface area (Å²) in [5, 5.41) is 9.85. The van der Waals surface area contributed by atoms with Crippen molar-refractivity contribution in [3.8, 4) is 0 Å². The second kappa shape index (κ2) is 8.21. The van der Waals surface area contributed by atoms with Crippen LogP contribution in [0.4, 0.5) is 0 Å². The Morgan fingerprint density at radius 2 is 1.73 bits per heavy atom. The molecule has 26 heavy (non-hydrogen) atoms. The van der Waals surface area contributed by atoms with Gasteiger partial charge in [0.25, 0.3) is 5.91 Å². The van der Waals surface area contributed by atoms with Crippen LogP contribution in [0.25, 0.3) is 0 Å². The number of hydrogen-bond donors (Lipinski definition) is 1. The molecule has 1 aromatic carbocycles. The number of nitrogens with zero attached hydrogens (tertiary/aromatic N) is 2. The highest BCUT2D eigenvalue weighted by atomic mass is 16.3. The highest BCUT2D eigenvalue weighted by Gasteiger charge is 2.40. The summed E-state index contributed by atoms with van der Waals surface area (Å²) in [4.78, 5) is 28.8. The number of benzene rings is 1. The topological polar surface area (TPSA) is 60.9 Å². The lowest BCUT2D eigenvalue weighted by Crippen LogP contribution is -2.43. The van der Waals surface area contributed by atoms with Gasteiger partial charge in [-0.2, -0.15) is 0 Å². The molecule has 2 fully saturated rings. The Morgan fingerprint density at radius 3 is 2.31 bits per heavy atom. The van der Waals surface area contributed by atoms with E-state index in [2.05, 4.69) is 0 Å². The number of hydrogen-bond acceptors (Lipinski definition) is 3. The fourth-order valence-corrected chi connectivity index (χ4v) is 4.47. The highest BCUT2D eigenvalue weighted by Crippen LogP contribution is 2.36. The molecule has 2 aliphatic rings. The number of carbonyl (C=O) groups is 2. The number of amides is 2. The molecule has 0 unspecified atom stereocenters. The van der Waals surface area contributed by atoms with Gasteiger partial charge in [-0.1, -0.05) is 32.0 Å². The summed E-state index contributed by atoms with van der Waals surface area (Å²) in [6.45, 7) is 6.93. The summed E-state index contributed by atoms with van der Waals surface area (Å²) in [7, 11) is 0. The molecule has 2 atom stereocenters. The van der Waals surface area contributed by atoms with Crippen LogP contribution < -0.4 is 0 Å². The van der Waals surface area contributed by atoms with Gasteiger partial charge in [-0.25, -0.2) is 0 Å². The molecule has 1 aromatic rings. The van der Waals surface area contributed by atoms with Crippen LogP contribution in [0.5, 0.6) is 0 Å². The quantitative estimate of drug-likeness (QED) is 0.898. The van der Waals surface area contributed by atoms with Crippen molar-refractivity contribution in [2.24, 2.45) is 23.7 Å². The Morgan fingerprint density at radius 1 is 1.08 bits per heavy atom. The number of rotatable bonds is 4. The fourth-order valence-electron chi connectivity index (χ4n) is 4.47. The molecule has 0 radical (unpaired) electrons. The van der Waals surface area contributed by atoms with Gasteiger partial charge >= 0.3 is 0 Å². The molecular formula is C21H30N2O3. The van der Waals surface area contributed by atoms with Crippen LogP contribution in [0.3, 0.4) is 0 Å². The lowest BCUT2D eigenvalue weighted by Gasteiger charge is -2.37. The highest BCUT2D eigenvalue weighted by molar-refractivity contribution is 5.94. The van der Waals surface area contributed by atoms with Gasteiger partial charge in [0.15, 0.2) is 0 Å². The monoisotopic (exact) mass is 358 g/mol. The molecule has 5 heteroatoms. The Balaban J connectivity index is 1.62. The van der Waals surface area contributed by atoms with Crippen LogP contribution in [0.2, 0.25) is 0 Å². The normalized spacial score (nSPS) is 24.3. The average molecular weight is 358 g/mol. The minimum Gasteiger partial charge on any atom is -0.396 e. The summed E-state index contributed by atoms with van der Waals surface area (Å²) >= 11 is 0. The minimum atomic E-state index is 0.0437. The number of aliphatic hydroxyl groups excluding tert-OH is 1. The van der Waals surface area contributed by atoms with Crippen molar-refractivity contribution in [2.75, 3.05) is 32.8 Å². The SMILES string of the molecule is CC(C)C(=O)N1CCC([C@@H]2CN(C(=O)c3ccccc3)C[C@H]2CO)CC1. The van der Waals surface area contributed by atoms with Gasteiger partial charge < -0.3 is 14.9 Å². The molecule has 142 valence electrons. The summed E-state index contributed by atoms with van der Waals surface area (Å²) in [6.07, 6.45) is 1.93. The molecule has 0 spiro atoms. The average Bonchev–Trinajstić information content (AvgIpc) is 3.12. The first-order chi connectivity index (χ1) is 12.5. The predicted molar refractivity (Wildman–Crippen MR) is 101 cm³/mol. The third-order valence-corrected chi connectivity index (χ3v) is 5.98. The lowest BCUT2D eigenvalue weighted by molar-refractivity contribution is -0.136. The number of likely N-dealkylation sites (tertiary alicyclic amines) is 2. The molecule has 2 heterocycles. The summed E-state index contributed by atoms with van der Waals surface area (Å²) in [5.41, 5.74) is 0.710. The molecule has 2 saturated heterocycles. The van der Waals surface area contributed by atoms with E-state index in [-0.39, 0.29) is 30.3 Å². The minimum absolute atomic E-state index is 0.0437. The van der Waals surface area contributed by atoms with E-state index >= 15 is 0 Å². The predicted octanol–water partition coefficient (Wildman–Crippen LogP) is 2.26. The lowest BCUT2D eigenvalue weighted by atomic mass is 9.78. The molecule has 0 bridgehead atoms. The largest absolute Gasteiger partial charge is 0.396 e. The van der Waals surface area contributed by atoms with Crippen LogP contribution >= 0.6 is 0 Å². The van der Waals surface area contributed by atoms with E-state index < -0.39 is 0 Å². The Hall–Kier alpha value is -1.88. The van der Waals surface area contributed by atoms with Crippen molar-refractivity contribution in [3.05, 3.63) is 35.9 Å². The van der Waals surface area contributed by atoms with E-state index in [0.717, 1.165) is 25.9 Å². The Kier molecular flexibility index (Phi) is 5.97. The summed E-state index contributed by atoms with van der Waals surface area (Å²) in [6, 6.07) is 9.36. The molecule has 2 amide bonds. The molecule has 3 rings (SSSR count). The zero-order valence-corrected chi connectivity index (χ0v) is 15.8.